The normalized spacial score (nSPS) is 18.2. The van der Waals surface area contributed by atoms with Gasteiger partial charge in [-0.3, -0.25) is 0 Å². The molecule has 1 aliphatic carbocycles. The Labute approximate surface area is 197 Å². The average Bonchev–Trinajstić information content (AvgIpc) is 3.27. The van der Waals surface area contributed by atoms with Crippen LogP contribution in [0.3, 0.4) is 0 Å². The van der Waals surface area contributed by atoms with Crippen LogP contribution in [0.25, 0.3) is 5.65 Å². The lowest BCUT2D eigenvalue weighted by molar-refractivity contribution is 0.185. The van der Waals surface area contributed by atoms with E-state index >= 15 is 0 Å². The van der Waals surface area contributed by atoms with Gasteiger partial charge in [0.25, 0.3) is 0 Å². The number of fused-ring (bicyclic) bond motifs is 2. The third kappa shape index (κ3) is 3.42. The van der Waals surface area contributed by atoms with Gasteiger partial charge in [0.1, 0.15) is 23.5 Å². The van der Waals surface area contributed by atoms with Crippen LogP contribution in [0.5, 0.6) is 0 Å². The summed E-state index contributed by atoms with van der Waals surface area (Å²) in [7, 11) is 1.70. The molecule has 34 heavy (non-hydrogen) atoms. The van der Waals surface area contributed by atoms with Crippen molar-refractivity contribution in [3.05, 3.63) is 77.4 Å². The third-order valence-electron chi connectivity index (χ3n) is 6.61. The van der Waals surface area contributed by atoms with Crippen molar-refractivity contribution < 1.29 is 4.74 Å². The quantitative estimate of drug-likeness (QED) is 0.462. The van der Waals surface area contributed by atoms with Crippen LogP contribution in [0.15, 0.2) is 60.0 Å². The molecule has 0 radical (unpaired) electrons. The maximum Gasteiger partial charge on any atom is 0.154 e. The summed E-state index contributed by atoms with van der Waals surface area (Å²) in [6, 6.07) is 12.2. The monoisotopic (exact) mass is 451 g/mol. The van der Waals surface area contributed by atoms with Crippen LogP contribution in [0.1, 0.15) is 42.1 Å². The summed E-state index contributed by atoms with van der Waals surface area (Å²) in [5.74, 6) is 7.83. The first kappa shape index (κ1) is 20.5. The van der Waals surface area contributed by atoms with E-state index in [1.54, 1.807) is 17.8 Å². The molecule has 1 saturated carbocycles. The van der Waals surface area contributed by atoms with Gasteiger partial charge < -0.3 is 20.4 Å². The predicted octanol–water partition coefficient (Wildman–Crippen LogP) is 3.59. The van der Waals surface area contributed by atoms with E-state index in [0.717, 1.165) is 46.7 Å². The average molecular weight is 452 g/mol. The summed E-state index contributed by atoms with van der Waals surface area (Å²) < 4.78 is 6.98. The first-order chi connectivity index (χ1) is 16.6. The van der Waals surface area contributed by atoms with Crippen molar-refractivity contribution >= 4 is 23.0 Å². The van der Waals surface area contributed by atoms with Gasteiger partial charge >= 0.3 is 0 Å². The molecule has 6 rings (SSSR count). The van der Waals surface area contributed by atoms with Gasteiger partial charge in [-0.05, 0) is 48.6 Å². The molecule has 8 nitrogen and oxygen atoms in total. The zero-order valence-corrected chi connectivity index (χ0v) is 19.1. The highest BCUT2D eigenvalue weighted by Crippen LogP contribution is 2.54. The Morgan fingerprint density at radius 3 is 2.76 bits per heavy atom. The first-order valence-electron chi connectivity index (χ1n) is 11.3. The number of methoxy groups -OCH3 is 1. The molecule has 1 atom stereocenters. The Morgan fingerprint density at radius 1 is 1.21 bits per heavy atom. The van der Waals surface area contributed by atoms with Gasteiger partial charge in [-0.1, -0.05) is 25.0 Å². The van der Waals surface area contributed by atoms with E-state index in [1.807, 2.05) is 24.5 Å². The van der Waals surface area contributed by atoms with Crippen molar-refractivity contribution in [3.8, 4) is 11.8 Å². The van der Waals surface area contributed by atoms with Crippen molar-refractivity contribution in [1.82, 2.24) is 19.6 Å². The zero-order chi connectivity index (χ0) is 23.3. The molecule has 0 saturated heterocycles. The molecule has 1 aromatic carbocycles. The van der Waals surface area contributed by atoms with Crippen LogP contribution in [-0.4, -0.2) is 38.7 Å². The topological polar surface area (TPSA) is 96.8 Å². The van der Waals surface area contributed by atoms with Crippen molar-refractivity contribution in [2.45, 2.75) is 32.5 Å². The number of nitrogens with one attached hydrogen (secondary N) is 1. The molecule has 170 valence electrons. The Bertz CT molecular complexity index is 1430. The number of aromatic amines is 1. The van der Waals surface area contributed by atoms with Gasteiger partial charge in [0.05, 0.1) is 23.9 Å². The van der Waals surface area contributed by atoms with Crippen LogP contribution in [0.4, 0.5) is 11.5 Å². The molecule has 8 heteroatoms. The Kier molecular flexibility index (Phi) is 4.67. The number of nitrogens with two attached hydrogens (primary N) is 1. The van der Waals surface area contributed by atoms with E-state index in [-0.39, 0.29) is 11.6 Å². The number of imidazole rings is 1. The number of amidine groups is 1. The molecule has 1 fully saturated rings. The highest BCUT2D eigenvalue weighted by molar-refractivity contribution is 6.06. The molecule has 0 spiro atoms. The van der Waals surface area contributed by atoms with Crippen molar-refractivity contribution in [2.75, 3.05) is 12.0 Å². The minimum atomic E-state index is -0.0720. The molecule has 1 unspecified atom stereocenters. The van der Waals surface area contributed by atoms with Crippen LogP contribution in [0, 0.1) is 17.3 Å². The summed E-state index contributed by atoms with van der Waals surface area (Å²) in [6.45, 7) is 2.85. The molecule has 3 aromatic heterocycles. The van der Waals surface area contributed by atoms with Crippen LogP contribution in [0.2, 0.25) is 0 Å². The van der Waals surface area contributed by atoms with Crippen molar-refractivity contribution in [1.29, 1.82) is 0 Å². The summed E-state index contributed by atoms with van der Waals surface area (Å²) in [5, 5.41) is 4.25. The summed E-state index contributed by atoms with van der Waals surface area (Å²) in [4.78, 5) is 15.2. The number of benzene rings is 1. The van der Waals surface area contributed by atoms with Crippen molar-refractivity contribution in [2.24, 2.45) is 16.1 Å². The molecule has 0 amide bonds. The fraction of sp³-hybridized carbons (Fsp3) is 0.269. The van der Waals surface area contributed by atoms with Gasteiger partial charge in [0.15, 0.2) is 5.65 Å². The molecule has 0 bridgehead atoms. The molecule has 2 aliphatic rings. The lowest BCUT2D eigenvalue weighted by atomic mass is 10.00. The van der Waals surface area contributed by atoms with Crippen LogP contribution < -0.4 is 10.6 Å². The van der Waals surface area contributed by atoms with Crippen LogP contribution in [-0.2, 0) is 11.3 Å². The minimum absolute atomic E-state index is 0.0720. The highest BCUT2D eigenvalue weighted by atomic mass is 16.5. The molecule has 4 aromatic rings. The van der Waals surface area contributed by atoms with Gasteiger partial charge in [-0.15, -0.1) is 0 Å². The number of H-pyrrole nitrogens is 1. The second-order valence-corrected chi connectivity index (χ2v) is 9.14. The highest BCUT2D eigenvalue weighted by Gasteiger charge is 2.50. The van der Waals surface area contributed by atoms with Gasteiger partial charge in [-0.2, -0.15) is 5.10 Å². The van der Waals surface area contributed by atoms with E-state index in [2.05, 4.69) is 63.0 Å². The maximum atomic E-state index is 6.53. The van der Waals surface area contributed by atoms with E-state index in [1.165, 1.54) is 0 Å². The second-order valence-electron chi connectivity index (χ2n) is 9.14. The fourth-order valence-electron chi connectivity index (χ4n) is 4.47. The Morgan fingerprint density at radius 2 is 2.03 bits per heavy atom. The zero-order valence-electron chi connectivity index (χ0n) is 19.1. The number of rotatable bonds is 4. The lowest BCUT2D eigenvalue weighted by Gasteiger charge is -2.38. The molecule has 1 aliphatic heterocycles. The second kappa shape index (κ2) is 7.75. The third-order valence-corrected chi connectivity index (χ3v) is 6.61. The maximum absolute atomic E-state index is 6.53. The van der Waals surface area contributed by atoms with Gasteiger partial charge in [-0.25, -0.2) is 14.5 Å². The number of hydrogen-bond acceptors (Lipinski definition) is 6. The molecular weight excluding hydrogens is 426 g/mol. The van der Waals surface area contributed by atoms with E-state index in [9.17, 15) is 0 Å². The molecular formula is C26H25N7O. The number of nitrogens with zero attached hydrogens (tertiary/aromatic N) is 5. The first-order valence-corrected chi connectivity index (χ1v) is 11.3. The number of aromatic nitrogens is 4. The van der Waals surface area contributed by atoms with Gasteiger partial charge in [0.2, 0.25) is 0 Å². The molecule has 3 N–H and O–H groups in total. The Hall–Kier alpha value is -4.09. The van der Waals surface area contributed by atoms with E-state index in [4.69, 9.17) is 15.5 Å². The van der Waals surface area contributed by atoms with Crippen molar-refractivity contribution in [3.63, 3.8) is 0 Å². The van der Waals surface area contributed by atoms with Gasteiger partial charge in [0, 0.05) is 30.6 Å². The summed E-state index contributed by atoms with van der Waals surface area (Å²) >= 11 is 0. The fourth-order valence-corrected chi connectivity index (χ4v) is 4.47. The summed E-state index contributed by atoms with van der Waals surface area (Å²) in [6.07, 6.45) is 7.61. The minimum Gasteiger partial charge on any atom is -0.383 e. The number of hydrogen-bond donors (Lipinski definition) is 2. The predicted molar refractivity (Wildman–Crippen MR) is 131 cm³/mol. The SMILES string of the molecule is COCc1ccc(N2c3[nH]cc(C#Cc4cn5ncccc5n4)c3C(N)=NC2C2(C)CC2)cc1. The summed E-state index contributed by atoms with van der Waals surface area (Å²) in [5.41, 5.74) is 11.8. The lowest BCUT2D eigenvalue weighted by Crippen LogP contribution is -2.42. The number of anilines is 2. The largest absolute Gasteiger partial charge is 0.383 e. The van der Waals surface area contributed by atoms with E-state index < -0.39 is 0 Å². The molecule has 4 heterocycles. The van der Waals surface area contributed by atoms with Crippen LogP contribution >= 0.6 is 0 Å². The smallest absolute Gasteiger partial charge is 0.154 e. The standard InChI is InChI=1S/C26H25N7O/c1-26(11-12-26)25-31-23(27)22-18(7-8-19-15-32-21(30-19)4-3-13-29-32)14-28-24(22)33(25)20-9-5-17(6-10-20)16-34-2/h3-6,9-10,13-15,25,28H,11-12,16H2,1-2H3,(H2,27,31). The number of aliphatic imine (C=N–C) groups is 1. The van der Waals surface area contributed by atoms with E-state index in [0.29, 0.717) is 18.1 Å². The number of ether oxygens (including phenoxy) is 1. The Balaban J connectivity index is 1.41.